The number of rotatable bonds is 6. The van der Waals surface area contributed by atoms with Crippen LogP contribution >= 0.6 is 0 Å². The van der Waals surface area contributed by atoms with E-state index in [0.29, 0.717) is 28.4 Å². The number of benzene rings is 2. The lowest BCUT2D eigenvalue weighted by Crippen LogP contribution is -2.13. The first-order valence-corrected chi connectivity index (χ1v) is 9.32. The minimum atomic E-state index is -3.85. The molecular weight excluding hydrogens is 370 g/mol. The highest BCUT2D eigenvalue weighted by Gasteiger charge is 2.22. The van der Waals surface area contributed by atoms with Crippen LogP contribution in [0.25, 0.3) is 11.1 Å². The van der Waals surface area contributed by atoms with Gasteiger partial charge in [0.25, 0.3) is 10.0 Å². The third-order valence-corrected chi connectivity index (χ3v) is 5.53. The number of methoxy groups -OCH3 is 3. The molecule has 1 aromatic heterocycles. The van der Waals surface area contributed by atoms with Crippen molar-refractivity contribution in [2.45, 2.75) is 4.90 Å². The molecule has 2 N–H and O–H groups in total. The van der Waals surface area contributed by atoms with Crippen molar-refractivity contribution in [3.8, 4) is 28.4 Å². The largest absolute Gasteiger partial charge is 0.493 e. The summed E-state index contributed by atoms with van der Waals surface area (Å²) in [5, 5.41) is 3.98. The molecule has 0 fully saturated rings. The zero-order valence-electron chi connectivity index (χ0n) is 15.0. The second kappa shape index (κ2) is 7.20. The number of nitrogens with two attached hydrogens (primary N) is 1. The van der Waals surface area contributed by atoms with Crippen molar-refractivity contribution < 1.29 is 22.6 Å². The Morgan fingerprint density at radius 2 is 1.56 bits per heavy atom. The van der Waals surface area contributed by atoms with Crippen molar-refractivity contribution in [3.05, 3.63) is 48.7 Å². The van der Waals surface area contributed by atoms with Crippen molar-refractivity contribution in [1.82, 2.24) is 9.19 Å². The molecule has 3 aromatic rings. The molecule has 0 aliphatic carbocycles. The lowest BCUT2D eigenvalue weighted by molar-refractivity contribution is 0.324. The first kappa shape index (κ1) is 18.6. The van der Waals surface area contributed by atoms with Gasteiger partial charge in [-0.1, -0.05) is 18.2 Å². The molecule has 9 heteroatoms. The summed E-state index contributed by atoms with van der Waals surface area (Å²) in [5.74, 6) is 1.32. The van der Waals surface area contributed by atoms with Gasteiger partial charge in [0.15, 0.2) is 17.3 Å². The number of hydrogen-bond donors (Lipinski definition) is 1. The number of aromatic nitrogens is 2. The standard InChI is InChI=1S/C18H19N3O5S/c1-24-15-9-12(10-16(25-2)17(15)26-3)14-11-21(20-18(14)19)27(22,23)13-7-5-4-6-8-13/h4-11H,1-3H3,(H2,19,20). The van der Waals surface area contributed by atoms with E-state index in [2.05, 4.69) is 5.10 Å². The normalized spacial score (nSPS) is 11.2. The van der Waals surface area contributed by atoms with E-state index in [9.17, 15) is 8.42 Å². The quantitative estimate of drug-likeness (QED) is 0.690. The van der Waals surface area contributed by atoms with Crippen molar-refractivity contribution in [1.29, 1.82) is 0 Å². The summed E-state index contributed by atoms with van der Waals surface area (Å²) in [7, 11) is 0.632. The first-order valence-electron chi connectivity index (χ1n) is 7.88. The van der Waals surface area contributed by atoms with Crippen LogP contribution in [0.2, 0.25) is 0 Å². The van der Waals surface area contributed by atoms with E-state index in [1.54, 1.807) is 30.3 Å². The van der Waals surface area contributed by atoms with Gasteiger partial charge in [0.1, 0.15) is 0 Å². The average Bonchev–Trinajstić information content (AvgIpc) is 3.09. The monoisotopic (exact) mass is 389 g/mol. The maximum Gasteiger partial charge on any atom is 0.283 e. The maximum absolute atomic E-state index is 12.8. The number of ether oxygens (including phenoxy) is 3. The minimum Gasteiger partial charge on any atom is -0.493 e. The zero-order valence-corrected chi connectivity index (χ0v) is 15.9. The topological polar surface area (TPSA) is 106 Å². The van der Waals surface area contributed by atoms with Crippen LogP contribution in [0.4, 0.5) is 5.82 Å². The van der Waals surface area contributed by atoms with E-state index in [0.717, 1.165) is 4.09 Å². The summed E-state index contributed by atoms with van der Waals surface area (Å²) in [5.41, 5.74) is 7.00. The van der Waals surface area contributed by atoms with Gasteiger partial charge >= 0.3 is 0 Å². The maximum atomic E-state index is 12.8. The summed E-state index contributed by atoms with van der Waals surface area (Å²) in [6.45, 7) is 0. The van der Waals surface area contributed by atoms with Crippen molar-refractivity contribution >= 4 is 15.8 Å². The van der Waals surface area contributed by atoms with Crippen molar-refractivity contribution in [3.63, 3.8) is 0 Å². The lowest BCUT2D eigenvalue weighted by atomic mass is 10.1. The Morgan fingerprint density at radius 3 is 2.07 bits per heavy atom. The lowest BCUT2D eigenvalue weighted by Gasteiger charge is -2.13. The van der Waals surface area contributed by atoms with Gasteiger partial charge in [-0.15, -0.1) is 5.10 Å². The second-order valence-electron chi connectivity index (χ2n) is 5.53. The fourth-order valence-corrected chi connectivity index (χ4v) is 3.80. The van der Waals surface area contributed by atoms with Crippen LogP contribution < -0.4 is 19.9 Å². The van der Waals surface area contributed by atoms with Gasteiger partial charge in [0.2, 0.25) is 5.75 Å². The molecule has 8 nitrogen and oxygen atoms in total. The summed E-state index contributed by atoms with van der Waals surface area (Å²) in [4.78, 5) is 0.115. The summed E-state index contributed by atoms with van der Waals surface area (Å²) < 4.78 is 42.3. The number of hydrogen-bond acceptors (Lipinski definition) is 7. The fraction of sp³-hybridized carbons (Fsp3) is 0.167. The minimum absolute atomic E-state index is 0.0591. The molecule has 0 saturated heterocycles. The van der Waals surface area contributed by atoms with Gasteiger partial charge in [0, 0.05) is 5.56 Å². The van der Waals surface area contributed by atoms with E-state index < -0.39 is 10.0 Å². The van der Waals surface area contributed by atoms with Crippen molar-refractivity contribution in [2.75, 3.05) is 27.1 Å². The zero-order chi connectivity index (χ0) is 19.6. The van der Waals surface area contributed by atoms with Gasteiger partial charge in [-0.3, -0.25) is 0 Å². The molecule has 2 aromatic carbocycles. The third-order valence-electron chi connectivity index (χ3n) is 3.98. The van der Waals surface area contributed by atoms with Crippen LogP contribution in [0.1, 0.15) is 0 Å². The summed E-state index contributed by atoms with van der Waals surface area (Å²) >= 11 is 0. The summed E-state index contributed by atoms with van der Waals surface area (Å²) in [6.07, 6.45) is 1.36. The Kier molecular flexibility index (Phi) is 4.95. The highest BCUT2D eigenvalue weighted by atomic mass is 32.2. The molecule has 0 aliphatic rings. The SMILES string of the molecule is COc1cc(-c2cn(S(=O)(=O)c3ccccc3)nc2N)cc(OC)c1OC. The molecular formula is C18H19N3O5S. The average molecular weight is 389 g/mol. The highest BCUT2D eigenvalue weighted by molar-refractivity contribution is 7.89. The van der Waals surface area contributed by atoms with E-state index in [-0.39, 0.29) is 10.7 Å². The predicted molar refractivity (Wildman–Crippen MR) is 101 cm³/mol. The van der Waals surface area contributed by atoms with Crippen LogP contribution in [0.3, 0.4) is 0 Å². The number of nitrogen functional groups attached to an aromatic ring is 1. The van der Waals surface area contributed by atoms with Crippen LogP contribution in [0, 0.1) is 0 Å². The molecule has 0 bridgehead atoms. The number of nitrogens with zero attached hydrogens (tertiary/aromatic N) is 2. The van der Waals surface area contributed by atoms with Crippen LogP contribution in [0.15, 0.2) is 53.6 Å². The Hall–Kier alpha value is -3.20. The van der Waals surface area contributed by atoms with Crippen LogP contribution in [-0.4, -0.2) is 38.9 Å². The first-order chi connectivity index (χ1) is 12.9. The molecule has 3 rings (SSSR count). The third kappa shape index (κ3) is 3.28. The van der Waals surface area contributed by atoms with Gasteiger partial charge < -0.3 is 19.9 Å². The van der Waals surface area contributed by atoms with Crippen LogP contribution in [0.5, 0.6) is 17.2 Å². The molecule has 27 heavy (non-hydrogen) atoms. The highest BCUT2D eigenvalue weighted by Crippen LogP contribution is 2.42. The Balaban J connectivity index is 2.13. The van der Waals surface area contributed by atoms with E-state index in [1.165, 1.54) is 39.7 Å². The van der Waals surface area contributed by atoms with Gasteiger partial charge in [-0.25, -0.2) is 0 Å². The molecule has 0 saturated carbocycles. The Labute approximate surface area is 157 Å². The van der Waals surface area contributed by atoms with E-state index in [1.807, 2.05) is 0 Å². The molecule has 142 valence electrons. The molecule has 0 radical (unpaired) electrons. The van der Waals surface area contributed by atoms with Gasteiger partial charge in [0.05, 0.1) is 32.4 Å². The molecule has 0 spiro atoms. The molecule has 0 unspecified atom stereocenters. The van der Waals surface area contributed by atoms with Gasteiger partial charge in [-0.05, 0) is 29.8 Å². The summed E-state index contributed by atoms with van der Waals surface area (Å²) in [6, 6.07) is 11.3. The second-order valence-corrected chi connectivity index (χ2v) is 7.33. The molecule has 0 atom stereocenters. The molecule has 0 aliphatic heterocycles. The van der Waals surface area contributed by atoms with Crippen LogP contribution in [-0.2, 0) is 10.0 Å². The van der Waals surface area contributed by atoms with Crippen molar-refractivity contribution in [2.24, 2.45) is 0 Å². The van der Waals surface area contributed by atoms with E-state index in [4.69, 9.17) is 19.9 Å². The smallest absolute Gasteiger partial charge is 0.283 e. The Morgan fingerprint density at radius 1 is 0.963 bits per heavy atom. The Bertz CT molecular complexity index is 1040. The van der Waals surface area contributed by atoms with E-state index >= 15 is 0 Å². The number of anilines is 1. The predicted octanol–water partition coefficient (Wildman–Crippen LogP) is 2.40. The van der Waals surface area contributed by atoms with Gasteiger partial charge in [-0.2, -0.15) is 12.5 Å². The molecule has 0 amide bonds. The fourth-order valence-electron chi connectivity index (χ4n) is 2.65. The molecule has 1 heterocycles.